The van der Waals surface area contributed by atoms with Crippen molar-refractivity contribution in [1.29, 1.82) is 0 Å². The molecule has 1 aromatic carbocycles. The van der Waals surface area contributed by atoms with Gasteiger partial charge >= 0.3 is 6.03 Å². The number of pyridine rings is 1. The second-order valence-corrected chi connectivity index (χ2v) is 5.69. The van der Waals surface area contributed by atoms with E-state index in [-0.39, 0.29) is 12.5 Å². The molecular formula is C16H14ClN3O2. The molecule has 0 saturated carbocycles. The number of carbonyl (C=O) groups is 2. The van der Waals surface area contributed by atoms with Crippen LogP contribution in [0.4, 0.5) is 4.79 Å². The fourth-order valence-electron chi connectivity index (χ4n) is 2.49. The third kappa shape index (κ3) is 2.33. The largest absolute Gasteiger partial charge is 0.325 e. The zero-order valence-electron chi connectivity index (χ0n) is 11.9. The van der Waals surface area contributed by atoms with Crippen molar-refractivity contribution in [2.45, 2.75) is 19.0 Å². The number of aromatic nitrogens is 1. The molecule has 2 aromatic rings. The lowest BCUT2D eigenvalue weighted by Crippen LogP contribution is -2.40. The maximum absolute atomic E-state index is 12.7. The van der Waals surface area contributed by atoms with Gasteiger partial charge in [-0.3, -0.25) is 14.7 Å². The Morgan fingerprint density at radius 2 is 2.00 bits per heavy atom. The summed E-state index contributed by atoms with van der Waals surface area (Å²) in [6.07, 6.45) is 3.20. The van der Waals surface area contributed by atoms with Crippen LogP contribution in [0.2, 0.25) is 5.02 Å². The zero-order valence-corrected chi connectivity index (χ0v) is 12.7. The smallest absolute Gasteiger partial charge is 0.319 e. The van der Waals surface area contributed by atoms with Gasteiger partial charge in [0, 0.05) is 23.0 Å². The zero-order chi connectivity index (χ0) is 15.7. The molecule has 112 valence electrons. The topological polar surface area (TPSA) is 62.3 Å². The van der Waals surface area contributed by atoms with Crippen molar-refractivity contribution in [2.75, 3.05) is 0 Å². The third-order valence-electron chi connectivity index (χ3n) is 3.80. The fraction of sp³-hybridized carbons (Fsp3) is 0.188. The van der Waals surface area contributed by atoms with Gasteiger partial charge in [0.1, 0.15) is 5.54 Å². The van der Waals surface area contributed by atoms with Crippen LogP contribution in [0, 0.1) is 0 Å². The molecule has 0 bridgehead atoms. The molecule has 1 fully saturated rings. The van der Waals surface area contributed by atoms with Crippen molar-refractivity contribution in [3.8, 4) is 0 Å². The Bertz CT molecular complexity index is 735. The molecule has 1 atom stereocenters. The van der Waals surface area contributed by atoms with Crippen LogP contribution in [-0.4, -0.2) is 21.8 Å². The van der Waals surface area contributed by atoms with Gasteiger partial charge in [-0.2, -0.15) is 0 Å². The summed E-state index contributed by atoms with van der Waals surface area (Å²) in [5, 5.41) is 3.27. The van der Waals surface area contributed by atoms with Crippen molar-refractivity contribution in [1.82, 2.24) is 15.2 Å². The van der Waals surface area contributed by atoms with Crippen LogP contribution in [0.1, 0.15) is 18.1 Å². The van der Waals surface area contributed by atoms with Gasteiger partial charge in [-0.1, -0.05) is 35.9 Å². The maximum atomic E-state index is 12.7. The molecule has 22 heavy (non-hydrogen) atoms. The van der Waals surface area contributed by atoms with Crippen molar-refractivity contribution in [3.05, 3.63) is 64.9 Å². The van der Waals surface area contributed by atoms with Gasteiger partial charge in [-0.15, -0.1) is 0 Å². The molecule has 6 heteroatoms. The first-order valence-electron chi connectivity index (χ1n) is 6.80. The Morgan fingerprint density at radius 3 is 2.68 bits per heavy atom. The molecule has 1 unspecified atom stereocenters. The molecule has 1 aliphatic rings. The first kappa shape index (κ1) is 14.5. The van der Waals surface area contributed by atoms with Gasteiger partial charge in [0.05, 0.1) is 6.54 Å². The van der Waals surface area contributed by atoms with Crippen LogP contribution in [-0.2, 0) is 16.9 Å². The third-order valence-corrected chi connectivity index (χ3v) is 4.17. The normalized spacial score (nSPS) is 21.1. The molecule has 1 aliphatic heterocycles. The van der Waals surface area contributed by atoms with E-state index in [2.05, 4.69) is 10.3 Å². The standard InChI is InChI=1S/C16H14ClN3O2/c1-16(12-6-4-8-18-9-12)14(21)20(15(22)19-16)10-11-5-2-3-7-13(11)17/h2-9H,10H2,1H3,(H,19,22). The number of amides is 3. The second-order valence-electron chi connectivity index (χ2n) is 5.28. The van der Waals surface area contributed by atoms with Gasteiger partial charge in [0.25, 0.3) is 5.91 Å². The van der Waals surface area contributed by atoms with E-state index in [9.17, 15) is 9.59 Å². The van der Waals surface area contributed by atoms with Gasteiger partial charge in [0.2, 0.25) is 0 Å². The summed E-state index contributed by atoms with van der Waals surface area (Å²) in [5.74, 6) is -0.314. The minimum absolute atomic E-state index is 0.139. The second kappa shape index (κ2) is 5.42. The predicted octanol–water partition coefficient (Wildman–Crippen LogP) is 2.70. The van der Waals surface area contributed by atoms with E-state index < -0.39 is 11.6 Å². The summed E-state index contributed by atoms with van der Waals surface area (Å²) in [6, 6.07) is 10.2. The van der Waals surface area contributed by atoms with Crippen LogP contribution in [0.15, 0.2) is 48.8 Å². The summed E-state index contributed by atoms with van der Waals surface area (Å²) >= 11 is 6.11. The van der Waals surface area contributed by atoms with E-state index in [4.69, 9.17) is 11.6 Å². The summed E-state index contributed by atoms with van der Waals surface area (Å²) in [7, 11) is 0. The Morgan fingerprint density at radius 1 is 1.23 bits per heavy atom. The Kier molecular flexibility index (Phi) is 3.58. The Labute approximate surface area is 132 Å². The van der Waals surface area contributed by atoms with E-state index in [1.54, 1.807) is 49.6 Å². The minimum atomic E-state index is -1.10. The highest BCUT2D eigenvalue weighted by Crippen LogP contribution is 2.30. The lowest BCUT2D eigenvalue weighted by Gasteiger charge is -2.21. The summed E-state index contributed by atoms with van der Waals surface area (Å²) in [4.78, 5) is 30.1. The first-order chi connectivity index (χ1) is 10.5. The molecule has 0 aliphatic carbocycles. The molecule has 2 heterocycles. The summed E-state index contributed by atoms with van der Waals surface area (Å²) in [6.45, 7) is 1.82. The number of rotatable bonds is 3. The molecule has 1 N–H and O–H groups in total. The average molecular weight is 316 g/mol. The highest BCUT2D eigenvalue weighted by molar-refractivity contribution is 6.31. The lowest BCUT2D eigenvalue weighted by molar-refractivity contribution is -0.131. The molecule has 5 nitrogen and oxygen atoms in total. The highest BCUT2D eigenvalue weighted by atomic mass is 35.5. The Balaban J connectivity index is 1.91. The van der Waals surface area contributed by atoms with Crippen LogP contribution in [0.25, 0.3) is 0 Å². The molecule has 1 aromatic heterocycles. The van der Waals surface area contributed by atoms with Crippen LogP contribution >= 0.6 is 11.6 Å². The number of imide groups is 1. The first-order valence-corrected chi connectivity index (χ1v) is 7.18. The highest BCUT2D eigenvalue weighted by Gasteiger charge is 2.49. The Hall–Kier alpha value is -2.40. The number of urea groups is 1. The number of benzene rings is 1. The molecule has 3 amide bonds. The molecule has 3 rings (SSSR count). The number of halogens is 1. The van der Waals surface area contributed by atoms with E-state index >= 15 is 0 Å². The van der Waals surface area contributed by atoms with Crippen molar-refractivity contribution in [3.63, 3.8) is 0 Å². The van der Waals surface area contributed by atoms with Gasteiger partial charge in [-0.05, 0) is 24.6 Å². The fourth-order valence-corrected chi connectivity index (χ4v) is 2.69. The van der Waals surface area contributed by atoms with Crippen LogP contribution < -0.4 is 5.32 Å². The minimum Gasteiger partial charge on any atom is -0.319 e. The number of nitrogens with zero attached hydrogens (tertiary/aromatic N) is 2. The monoisotopic (exact) mass is 315 g/mol. The number of carbonyl (C=O) groups excluding carboxylic acids is 2. The van der Waals surface area contributed by atoms with Gasteiger partial charge < -0.3 is 5.32 Å². The van der Waals surface area contributed by atoms with Crippen molar-refractivity contribution >= 4 is 23.5 Å². The average Bonchev–Trinajstić information content (AvgIpc) is 2.75. The summed E-state index contributed by atoms with van der Waals surface area (Å²) < 4.78 is 0. The molecular weight excluding hydrogens is 302 g/mol. The van der Waals surface area contributed by atoms with Crippen molar-refractivity contribution in [2.24, 2.45) is 0 Å². The summed E-state index contributed by atoms with van der Waals surface area (Å²) in [5.41, 5.74) is 0.269. The number of hydrogen-bond donors (Lipinski definition) is 1. The molecule has 0 spiro atoms. The quantitative estimate of drug-likeness (QED) is 0.886. The van der Waals surface area contributed by atoms with E-state index in [1.807, 2.05) is 6.07 Å². The lowest BCUT2D eigenvalue weighted by atomic mass is 9.93. The molecule has 1 saturated heterocycles. The number of hydrogen-bond acceptors (Lipinski definition) is 3. The van der Waals surface area contributed by atoms with Crippen LogP contribution in [0.3, 0.4) is 0 Å². The van der Waals surface area contributed by atoms with Gasteiger partial charge in [0.15, 0.2) is 0 Å². The van der Waals surface area contributed by atoms with Crippen LogP contribution in [0.5, 0.6) is 0 Å². The van der Waals surface area contributed by atoms with E-state index in [1.165, 1.54) is 4.90 Å². The molecule has 0 radical (unpaired) electrons. The number of nitrogens with one attached hydrogen (secondary N) is 1. The maximum Gasteiger partial charge on any atom is 0.325 e. The predicted molar refractivity (Wildman–Crippen MR) is 82.1 cm³/mol. The van der Waals surface area contributed by atoms with E-state index in [0.717, 1.165) is 5.56 Å². The van der Waals surface area contributed by atoms with E-state index in [0.29, 0.717) is 10.6 Å². The van der Waals surface area contributed by atoms with Gasteiger partial charge in [-0.25, -0.2) is 4.79 Å². The SMILES string of the molecule is CC1(c2cccnc2)NC(=O)N(Cc2ccccc2Cl)C1=O. The van der Waals surface area contributed by atoms with Crippen molar-refractivity contribution < 1.29 is 9.59 Å².